The maximum absolute atomic E-state index is 11.1. The van der Waals surface area contributed by atoms with Gasteiger partial charge in [0.15, 0.2) is 0 Å². The fourth-order valence-electron chi connectivity index (χ4n) is 2.21. The van der Waals surface area contributed by atoms with Crippen LogP contribution in [-0.4, -0.2) is 24.5 Å². The van der Waals surface area contributed by atoms with Crippen molar-refractivity contribution in [3.8, 4) is 0 Å². The third kappa shape index (κ3) is 3.02. The summed E-state index contributed by atoms with van der Waals surface area (Å²) >= 11 is 0. The van der Waals surface area contributed by atoms with Crippen molar-refractivity contribution in [2.45, 2.75) is 38.6 Å². The average molecular weight is 276 g/mol. The van der Waals surface area contributed by atoms with E-state index in [0.717, 1.165) is 11.1 Å². The maximum atomic E-state index is 11.1. The molecule has 108 valence electrons. The third-order valence-corrected chi connectivity index (χ3v) is 3.79. The first-order chi connectivity index (χ1) is 9.59. The van der Waals surface area contributed by atoms with E-state index in [-0.39, 0.29) is 12.7 Å². The zero-order valence-electron chi connectivity index (χ0n) is 11.9. The lowest BCUT2D eigenvalue weighted by Gasteiger charge is -2.40. The van der Waals surface area contributed by atoms with Gasteiger partial charge in [0, 0.05) is 0 Å². The Morgan fingerprint density at radius 1 is 1.45 bits per heavy atom. The van der Waals surface area contributed by atoms with Gasteiger partial charge < -0.3 is 14.2 Å². The first kappa shape index (κ1) is 14.6. The van der Waals surface area contributed by atoms with E-state index in [4.69, 9.17) is 14.2 Å². The number of rotatable bonds is 5. The number of ether oxygens (including phenoxy) is 3. The standard InChI is InChI=1S/C16H20O4/c1-4-13-6-8-14(9-7-13)10-19-16(5-2)11-18-15(17)20-12(16)3/h4,6-9,12H,1,5,10-11H2,2-3H3. The summed E-state index contributed by atoms with van der Waals surface area (Å²) in [6, 6.07) is 7.98. The predicted molar refractivity (Wildman–Crippen MR) is 76.2 cm³/mol. The minimum Gasteiger partial charge on any atom is -0.431 e. The van der Waals surface area contributed by atoms with Crippen molar-refractivity contribution < 1.29 is 19.0 Å². The molecule has 0 amide bonds. The lowest BCUT2D eigenvalue weighted by Crippen LogP contribution is -2.53. The molecule has 1 aromatic carbocycles. The molecule has 1 fully saturated rings. The Bertz CT molecular complexity index is 480. The maximum Gasteiger partial charge on any atom is 0.508 e. The summed E-state index contributed by atoms with van der Waals surface area (Å²) in [5.41, 5.74) is 1.56. The molecule has 1 heterocycles. The van der Waals surface area contributed by atoms with Crippen LogP contribution in [0.25, 0.3) is 6.08 Å². The summed E-state index contributed by atoms with van der Waals surface area (Å²) in [5.74, 6) is 0. The Kier molecular flexibility index (Phi) is 4.45. The van der Waals surface area contributed by atoms with Crippen LogP contribution in [0.4, 0.5) is 4.79 Å². The van der Waals surface area contributed by atoms with E-state index in [1.54, 1.807) is 6.08 Å². The topological polar surface area (TPSA) is 44.8 Å². The van der Waals surface area contributed by atoms with Crippen molar-refractivity contribution in [3.05, 3.63) is 42.0 Å². The summed E-state index contributed by atoms with van der Waals surface area (Å²) < 4.78 is 16.1. The molecular weight excluding hydrogens is 256 g/mol. The second-order valence-electron chi connectivity index (χ2n) is 4.95. The van der Waals surface area contributed by atoms with Gasteiger partial charge in [-0.05, 0) is 24.5 Å². The van der Waals surface area contributed by atoms with Crippen molar-refractivity contribution in [2.24, 2.45) is 0 Å². The predicted octanol–water partition coefficient (Wildman–Crippen LogP) is 3.55. The Labute approximate surface area is 119 Å². The van der Waals surface area contributed by atoms with Crippen molar-refractivity contribution in [3.63, 3.8) is 0 Å². The molecule has 0 aromatic heterocycles. The van der Waals surface area contributed by atoms with Crippen LogP contribution in [-0.2, 0) is 20.8 Å². The smallest absolute Gasteiger partial charge is 0.431 e. The molecule has 4 heteroatoms. The van der Waals surface area contributed by atoms with Crippen molar-refractivity contribution >= 4 is 12.2 Å². The average Bonchev–Trinajstić information content (AvgIpc) is 2.48. The van der Waals surface area contributed by atoms with E-state index in [9.17, 15) is 4.79 Å². The first-order valence-electron chi connectivity index (χ1n) is 6.78. The Morgan fingerprint density at radius 2 is 2.15 bits per heavy atom. The summed E-state index contributed by atoms with van der Waals surface area (Å²) in [5, 5.41) is 0. The van der Waals surface area contributed by atoms with E-state index >= 15 is 0 Å². The number of benzene rings is 1. The molecule has 1 aliphatic heterocycles. The van der Waals surface area contributed by atoms with Gasteiger partial charge in [0.05, 0.1) is 6.61 Å². The minimum absolute atomic E-state index is 0.230. The highest BCUT2D eigenvalue weighted by Gasteiger charge is 2.43. The highest BCUT2D eigenvalue weighted by molar-refractivity contribution is 5.61. The minimum atomic E-state index is -0.625. The molecule has 4 nitrogen and oxygen atoms in total. The second kappa shape index (κ2) is 6.09. The summed E-state index contributed by atoms with van der Waals surface area (Å²) in [4.78, 5) is 11.1. The van der Waals surface area contributed by atoms with Gasteiger partial charge >= 0.3 is 6.16 Å². The zero-order valence-corrected chi connectivity index (χ0v) is 11.9. The van der Waals surface area contributed by atoms with Gasteiger partial charge in [0.2, 0.25) is 0 Å². The monoisotopic (exact) mass is 276 g/mol. The molecule has 1 saturated heterocycles. The van der Waals surface area contributed by atoms with Gasteiger partial charge in [-0.3, -0.25) is 0 Å². The first-order valence-corrected chi connectivity index (χ1v) is 6.78. The molecule has 0 radical (unpaired) electrons. The van der Waals surface area contributed by atoms with E-state index in [0.29, 0.717) is 13.0 Å². The molecule has 2 rings (SSSR count). The fraction of sp³-hybridized carbons (Fsp3) is 0.438. The van der Waals surface area contributed by atoms with Crippen LogP contribution in [0.15, 0.2) is 30.8 Å². The Hall–Kier alpha value is -1.81. The third-order valence-electron chi connectivity index (χ3n) is 3.79. The van der Waals surface area contributed by atoms with Gasteiger partial charge in [-0.25, -0.2) is 4.79 Å². The molecule has 0 N–H and O–H groups in total. The molecule has 1 aromatic rings. The highest BCUT2D eigenvalue weighted by Crippen LogP contribution is 2.29. The second-order valence-corrected chi connectivity index (χ2v) is 4.95. The zero-order chi connectivity index (χ0) is 14.6. The number of cyclic esters (lactones) is 2. The summed E-state index contributed by atoms with van der Waals surface area (Å²) in [6.07, 6.45) is 1.57. The molecule has 0 saturated carbocycles. The van der Waals surface area contributed by atoms with E-state index < -0.39 is 11.8 Å². The van der Waals surface area contributed by atoms with Gasteiger partial charge in [-0.2, -0.15) is 0 Å². The van der Waals surface area contributed by atoms with Crippen LogP contribution in [0, 0.1) is 0 Å². The van der Waals surface area contributed by atoms with Gasteiger partial charge in [0.1, 0.15) is 18.3 Å². The van der Waals surface area contributed by atoms with Crippen LogP contribution in [0.3, 0.4) is 0 Å². The Morgan fingerprint density at radius 3 is 2.70 bits per heavy atom. The van der Waals surface area contributed by atoms with E-state index in [1.807, 2.05) is 38.1 Å². The number of carbonyl (C=O) groups excluding carboxylic acids is 1. The lowest BCUT2D eigenvalue weighted by molar-refractivity contribution is -0.192. The molecule has 0 bridgehead atoms. The van der Waals surface area contributed by atoms with Crippen molar-refractivity contribution in [1.29, 1.82) is 0 Å². The largest absolute Gasteiger partial charge is 0.508 e. The normalized spacial score (nSPS) is 25.7. The van der Waals surface area contributed by atoms with Gasteiger partial charge in [0.25, 0.3) is 0 Å². The molecule has 1 aliphatic rings. The number of hydrogen-bond acceptors (Lipinski definition) is 4. The van der Waals surface area contributed by atoms with Crippen LogP contribution >= 0.6 is 0 Å². The van der Waals surface area contributed by atoms with Crippen molar-refractivity contribution in [2.75, 3.05) is 6.61 Å². The molecular formula is C16H20O4. The molecule has 2 atom stereocenters. The number of carbonyl (C=O) groups is 1. The molecule has 2 unspecified atom stereocenters. The van der Waals surface area contributed by atoms with Gasteiger partial charge in [-0.15, -0.1) is 0 Å². The fourth-order valence-corrected chi connectivity index (χ4v) is 2.21. The quantitative estimate of drug-likeness (QED) is 0.771. The lowest BCUT2D eigenvalue weighted by atomic mass is 9.94. The summed E-state index contributed by atoms with van der Waals surface area (Å²) in [7, 11) is 0. The van der Waals surface area contributed by atoms with Crippen LogP contribution in [0.5, 0.6) is 0 Å². The van der Waals surface area contributed by atoms with E-state index in [1.165, 1.54) is 0 Å². The molecule has 0 aliphatic carbocycles. The van der Waals surface area contributed by atoms with Crippen LogP contribution < -0.4 is 0 Å². The van der Waals surface area contributed by atoms with Crippen LogP contribution in [0.1, 0.15) is 31.4 Å². The van der Waals surface area contributed by atoms with Crippen molar-refractivity contribution in [1.82, 2.24) is 0 Å². The van der Waals surface area contributed by atoms with E-state index in [2.05, 4.69) is 6.58 Å². The molecule has 20 heavy (non-hydrogen) atoms. The number of hydrogen-bond donors (Lipinski definition) is 0. The summed E-state index contributed by atoms with van der Waals surface area (Å²) in [6.45, 7) is 8.25. The molecule has 0 spiro atoms. The Balaban J connectivity index is 2.02. The van der Waals surface area contributed by atoms with Crippen LogP contribution in [0.2, 0.25) is 0 Å². The van der Waals surface area contributed by atoms with Gasteiger partial charge in [-0.1, -0.05) is 43.8 Å². The SMILES string of the molecule is C=Cc1ccc(COC2(CC)COC(=O)OC2C)cc1. The highest BCUT2D eigenvalue weighted by atomic mass is 16.8.